The molecule has 3 rings (SSSR count). The van der Waals surface area contributed by atoms with E-state index in [1.165, 1.54) is 12.1 Å². The first-order chi connectivity index (χ1) is 11.6. The minimum atomic E-state index is -1.12. The van der Waals surface area contributed by atoms with Crippen molar-refractivity contribution < 1.29 is 14.0 Å². The van der Waals surface area contributed by atoms with Crippen LogP contribution >= 0.6 is 0 Å². The largest absolute Gasteiger partial charge is 0.358 e. The Kier molecular flexibility index (Phi) is 4.34. The number of benzene rings is 2. The molecule has 0 aliphatic carbocycles. The number of amides is 2. The molecule has 2 aromatic carbocycles. The van der Waals surface area contributed by atoms with Gasteiger partial charge in [-0.25, -0.2) is 4.39 Å². The van der Waals surface area contributed by atoms with Gasteiger partial charge < -0.3 is 10.2 Å². The fourth-order valence-corrected chi connectivity index (χ4v) is 3.28. The van der Waals surface area contributed by atoms with Crippen LogP contribution in [0.2, 0.25) is 0 Å². The van der Waals surface area contributed by atoms with Crippen molar-refractivity contribution in [3.8, 4) is 0 Å². The molecule has 1 aliphatic heterocycles. The van der Waals surface area contributed by atoms with Gasteiger partial charge in [0.15, 0.2) is 0 Å². The second-order valence-corrected chi connectivity index (χ2v) is 6.01. The average molecular weight is 326 g/mol. The summed E-state index contributed by atoms with van der Waals surface area (Å²) >= 11 is 0. The first kappa shape index (κ1) is 16.2. The number of hydrogen-bond acceptors (Lipinski definition) is 2. The first-order valence-electron chi connectivity index (χ1n) is 7.90. The van der Waals surface area contributed by atoms with Crippen LogP contribution < -0.4 is 10.2 Å². The molecule has 0 spiro atoms. The summed E-state index contributed by atoms with van der Waals surface area (Å²) in [5.41, 5.74) is 0.431. The Morgan fingerprint density at radius 3 is 2.46 bits per heavy atom. The van der Waals surface area contributed by atoms with Gasteiger partial charge in [0, 0.05) is 19.3 Å². The zero-order valence-corrected chi connectivity index (χ0v) is 13.5. The van der Waals surface area contributed by atoms with Gasteiger partial charge in [-0.2, -0.15) is 0 Å². The minimum absolute atomic E-state index is 0.239. The van der Waals surface area contributed by atoms with Gasteiger partial charge in [0.1, 0.15) is 11.2 Å². The molecule has 0 saturated carbocycles. The Balaban J connectivity index is 1.94. The highest BCUT2D eigenvalue weighted by molar-refractivity contribution is 6.13. The molecule has 1 saturated heterocycles. The normalized spacial score (nSPS) is 20.2. The molecule has 2 aromatic rings. The molecule has 1 aliphatic rings. The van der Waals surface area contributed by atoms with Crippen LogP contribution in [0.15, 0.2) is 54.6 Å². The predicted molar refractivity (Wildman–Crippen MR) is 90.0 cm³/mol. The molecule has 1 N–H and O–H groups in total. The molecular formula is C19H19FN2O2. The maximum absolute atomic E-state index is 13.1. The van der Waals surface area contributed by atoms with Gasteiger partial charge in [0.2, 0.25) is 11.8 Å². The van der Waals surface area contributed by atoms with E-state index in [0.29, 0.717) is 25.1 Å². The molecule has 1 fully saturated rings. The number of hydrogen-bond donors (Lipinski definition) is 1. The van der Waals surface area contributed by atoms with Gasteiger partial charge in [-0.05, 0) is 42.7 Å². The van der Waals surface area contributed by atoms with Crippen molar-refractivity contribution in [1.82, 2.24) is 5.32 Å². The Labute approximate surface area is 140 Å². The number of nitrogens with one attached hydrogen (secondary N) is 1. The van der Waals surface area contributed by atoms with Crippen LogP contribution in [-0.4, -0.2) is 25.4 Å². The summed E-state index contributed by atoms with van der Waals surface area (Å²) in [6, 6.07) is 15.3. The molecular weight excluding hydrogens is 307 g/mol. The molecule has 24 heavy (non-hydrogen) atoms. The lowest BCUT2D eigenvalue weighted by molar-refractivity contribution is -0.139. The third kappa shape index (κ3) is 2.77. The zero-order chi connectivity index (χ0) is 17.2. The second-order valence-electron chi connectivity index (χ2n) is 6.01. The summed E-state index contributed by atoms with van der Waals surface area (Å²) in [4.78, 5) is 27.2. The summed E-state index contributed by atoms with van der Waals surface area (Å²) in [5, 5.41) is 2.63. The zero-order valence-electron chi connectivity index (χ0n) is 13.5. The van der Waals surface area contributed by atoms with Crippen molar-refractivity contribution in [2.75, 3.05) is 18.5 Å². The van der Waals surface area contributed by atoms with E-state index in [0.717, 1.165) is 5.56 Å². The van der Waals surface area contributed by atoms with Crippen molar-refractivity contribution in [1.29, 1.82) is 0 Å². The highest BCUT2D eigenvalue weighted by Gasteiger charge is 2.52. The number of rotatable bonds is 4. The van der Waals surface area contributed by atoms with Crippen molar-refractivity contribution >= 4 is 17.5 Å². The van der Waals surface area contributed by atoms with E-state index in [9.17, 15) is 14.0 Å². The quantitative estimate of drug-likeness (QED) is 0.878. The van der Waals surface area contributed by atoms with Crippen LogP contribution in [-0.2, 0) is 16.0 Å². The third-order valence-corrected chi connectivity index (χ3v) is 4.57. The van der Waals surface area contributed by atoms with Crippen LogP contribution in [0.3, 0.4) is 0 Å². The molecule has 124 valence electrons. The third-order valence-electron chi connectivity index (χ3n) is 4.57. The number of carbonyl (C=O) groups excluding carboxylic acids is 2. The van der Waals surface area contributed by atoms with E-state index in [4.69, 9.17) is 0 Å². The Hall–Kier alpha value is -2.69. The van der Waals surface area contributed by atoms with Crippen LogP contribution in [0.1, 0.15) is 12.0 Å². The Morgan fingerprint density at radius 1 is 1.17 bits per heavy atom. The molecule has 0 unspecified atom stereocenters. The van der Waals surface area contributed by atoms with E-state index >= 15 is 0 Å². The summed E-state index contributed by atoms with van der Waals surface area (Å²) in [6.07, 6.45) is 0.780. The maximum Gasteiger partial charge on any atom is 0.243 e. The highest BCUT2D eigenvalue weighted by Crippen LogP contribution is 2.38. The number of carbonyl (C=O) groups is 2. The molecule has 5 heteroatoms. The topological polar surface area (TPSA) is 49.4 Å². The number of anilines is 1. The smallest absolute Gasteiger partial charge is 0.243 e. The Bertz CT molecular complexity index is 746. The number of halogens is 1. The monoisotopic (exact) mass is 326 g/mol. The van der Waals surface area contributed by atoms with Crippen molar-refractivity contribution in [3.63, 3.8) is 0 Å². The lowest BCUT2D eigenvalue weighted by Gasteiger charge is -2.26. The summed E-state index contributed by atoms with van der Waals surface area (Å²) in [6.45, 7) is 0.435. The van der Waals surface area contributed by atoms with Crippen LogP contribution in [0.5, 0.6) is 0 Å². The van der Waals surface area contributed by atoms with Crippen LogP contribution in [0, 0.1) is 11.2 Å². The van der Waals surface area contributed by atoms with Gasteiger partial charge in [-0.15, -0.1) is 0 Å². The summed E-state index contributed by atoms with van der Waals surface area (Å²) in [7, 11) is 1.54. The minimum Gasteiger partial charge on any atom is -0.358 e. The molecule has 0 bridgehead atoms. The highest BCUT2D eigenvalue weighted by atomic mass is 19.1. The SMILES string of the molecule is CNC(=O)[C@]1(Cc2ccccc2)CCN(c2ccc(F)cc2)C1=O. The van der Waals surface area contributed by atoms with Gasteiger partial charge in [0.25, 0.3) is 0 Å². The van der Waals surface area contributed by atoms with Gasteiger partial charge >= 0.3 is 0 Å². The van der Waals surface area contributed by atoms with Crippen molar-refractivity contribution in [3.05, 3.63) is 66.0 Å². The fourth-order valence-electron chi connectivity index (χ4n) is 3.28. The van der Waals surface area contributed by atoms with Gasteiger partial charge in [0.05, 0.1) is 0 Å². The van der Waals surface area contributed by atoms with E-state index in [1.807, 2.05) is 30.3 Å². The lowest BCUT2D eigenvalue weighted by Crippen LogP contribution is -2.47. The molecule has 1 atom stereocenters. The molecule has 2 amide bonds. The van der Waals surface area contributed by atoms with E-state index in [1.54, 1.807) is 24.1 Å². The fraction of sp³-hybridized carbons (Fsp3) is 0.263. The van der Waals surface area contributed by atoms with Crippen molar-refractivity contribution in [2.45, 2.75) is 12.8 Å². The molecule has 0 aromatic heterocycles. The average Bonchev–Trinajstić information content (AvgIpc) is 2.93. The van der Waals surface area contributed by atoms with E-state index in [-0.39, 0.29) is 17.6 Å². The summed E-state index contributed by atoms with van der Waals surface area (Å²) < 4.78 is 13.1. The molecule has 1 heterocycles. The van der Waals surface area contributed by atoms with Crippen LogP contribution in [0.25, 0.3) is 0 Å². The second kappa shape index (κ2) is 6.43. The molecule has 4 nitrogen and oxygen atoms in total. The van der Waals surface area contributed by atoms with Gasteiger partial charge in [-0.3, -0.25) is 9.59 Å². The van der Waals surface area contributed by atoms with E-state index in [2.05, 4.69) is 5.32 Å². The van der Waals surface area contributed by atoms with E-state index < -0.39 is 5.41 Å². The standard InChI is InChI=1S/C19H19FN2O2/c1-21-17(23)19(13-14-5-3-2-4-6-14)11-12-22(18(19)24)16-9-7-15(20)8-10-16/h2-10H,11-13H2,1H3,(H,21,23)/t19-/m1/s1. The Morgan fingerprint density at radius 2 is 1.83 bits per heavy atom. The van der Waals surface area contributed by atoms with Crippen LogP contribution in [0.4, 0.5) is 10.1 Å². The predicted octanol–water partition coefficient (Wildman–Crippen LogP) is 2.54. The van der Waals surface area contributed by atoms with Crippen molar-refractivity contribution in [2.24, 2.45) is 5.41 Å². The number of nitrogens with zero attached hydrogens (tertiary/aromatic N) is 1. The summed E-state index contributed by atoms with van der Waals surface area (Å²) in [5.74, 6) is -0.870. The first-order valence-corrected chi connectivity index (χ1v) is 7.90. The lowest BCUT2D eigenvalue weighted by atomic mass is 9.79. The maximum atomic E-state index is 13.1. The molecule has 0 radical (unpaired) electrons. The van der Waals surface area contributed by atoms with Gasteiger partial charge in [-0.1, -0.05) is 30.3 Å².